The number of aliphatic hydroxyl groups is 1. The van der Waals surface area contributed by atoms with Gasteiger partial charge in [0.1, 0.15) is 6.10 Å². The van der Waals surface area contributed by atoms with E-state index in [0.717, 1.165) is 0 Å². The molecule has 2 N–H and O–H groups in total. The number of nitrogens with one attached hydrogen (secondary N) is 1. The van der Waals surface area contributed by atoms with Gasteiger partial charge < -0.3 is 10.4 Å². The first-order chi connectivity index (χ1) is 8.97. The lowest BCUT2D eigenvalue weighted by atomic mass is 9.98. The molecule has 0 aliphatic carbocycles. The van der Waals surface area contributed by atoms with Crippen LogP contribution in [0.25, 0.3) is 0 Å². The third kappa shape index (κ3) is 4.03. The number of carbonyl (C=O) groups is 2. The second-order valence-electron chi connectivity index (χ2n) is 4.39. The summed E-state index contributed by atoms with van der Waals surface area (Å²) in [5.74, 6) is -0.677. The van der Waals surface area contributed by atoms with E-state index < -0.39 is 12.1 Å². The molecule has 19 heavy (non-hydrogen) atoms. The van der Waals surface area contributed by atoms with E-state index in [1.165, 1.54) is 6.92 Å². The third-order valence-corrected chi connectivity index (χ3v) is 2.97. The van der Waals surface area contributed by atoms with Crippen LogP contribution in [0.5, 0.6) is 0 Å². The Bertz CT molecular complexity index is 479. The van der Waals surface area contributed by atoms with Crippen LogP contribution in [0.4, 0.5) is 0 Å². The number of allylic oxidation sites excluding steroid dienone is 1. The molecule has 0 bridgehead atoms. The molecular formula is C15H19NO3. The van der Waals surface area contributed by atoms with Crippen molar-refractivity contribution in [3.8, 4) is 0 Å². The van der Waals surface area contributed by atoms with Crippen molar-refractivity contribution >= 4 is 11.7 Å². The summed E-state index contributed by atoms with van der Waals surface area (Å²) < 4.78 is 0. The highest BCUT2D eigenvalue weighted by Gasteiger charge is 2.26. The average molecular weight is 261 g/mol. The van der Waals surface area contributed by atoms with Crippen molar-refractivity contribution in [3.63, 3.8) is 0 Å². The topological polar surface area (TPSA) is 66.4 Å². The largest absolute Gasteiger partial charge is 0.383 e. The Morgan fingerprint density at radius 2 is 1.79 bits per heavy atom. The van der Waals surface area contributed by atoms with Crippen LogP contribution in [-0.2, 0) is 9.59 Å². The van der Waals surface area contributed by atoms with Gasteiger partial charge in [0, 0.05) is 5.57 Å². The van der Waals surface area contributed by atoms with Crippen LogP contribution in [-0.4, -0.2) is 22.9 Å². The first-order valence-electron chi connectivity index (χ1n) is 6.14. The first kappa shape index (κ1) is 15.1. The molecule has 102 valence electrons. The predicted octanol–water partition coefficient (Wildman–Crippen LogP) is 1.76. The molecule has 1 aromatic carbocycles. The molecular weight excluding hydrogens is 242 g/mol. The van der Waals surface area contributed by atoms with Gasteiger partial charge in [0.25, 0.3) is 0 Å². The summed E-state index contributed by atoms with van der Waals surface area (Å²) >= 11 is 0. The van der Waals surface area contributed by atoms with Crippen LogP contribution >= 0.6 is 0 Å². The van der Waals surface area contributed by atoms with E-state index in [4.69, 9.17) is 0 Å². The number of amides is 1. The van der Waals surface area contributed by atoms with Gasteiger partial charge >= 0.3 is 0 Å². The molecule has 2 atom stereocenters. The van der Waals surface area contributed by atoms with Crippen LogP contribution in [0, 0.1) is 0 Å². The van der Waals surface area contributed by atoms with Crippen molar-refractivity contribution in [2.24, 2.45) is 0 Å². The summed E-state index contributed by atoms with van der Waals surface area (Å²) in [6, 6.07) is 8.22. The van der Waals surface area contributed by atoms with Gasteiger partial charge in [-0.2, -0.15) is 0 Å². The second kappa shape index (κ2) is 6.85. The summed E-state index contributed by atoms with van der Waals surface area (Å²) in [6.45, 7) is 4.74. The van der Waals surface area contributed by atoms with Gasteiger partial charge in [-0.3, -0.25) is 9.59 Å². The number of hydrogen-bond donors (Lipinski definition) is 2. The molecule has 0 aliphatic heterocycles. The molecule has 0 aromatic heterocycles. The maximum absolute atomic E-state index is 11.9. The molecule has 0 saturated carbocycles. The van der Waals surface area contributed by atoms with Gasteiger partial charge in [-0.05, 0) is 26.3 Å². The number of rotatable bonds is 5. The molecule has 0 heterocycles. The van der Waals surface area contributed by atoms with Gasteiger partial charge in [0.05, 0.1) is 6.04 Å². The van der Waals surface area contributed by atoms with Gasteiger partial charge in [0.15, 0.2) is 5.78 Å². The minimum Gasteiger partial charge on any atom is -0.383 e. The number of aliphatic hydroxyl groups excluding tert-OH is 1. The Labute approximate surface area is 113 Å². The maximum atomic E-state index is 11.9. The lowest BCUT2D eigenvalue weighted by Gasteiger charge is -2.23. The van der Waals surface area contributed by atoms with Crippen LogP contribution < -0.4 is 5.32 Å². The maximum Gasteiger partial charge on any atom is 0.247 e. The summed E-state index contributed by atoms with van der Waals surface area (Å²) in [4.78, 5) is 23.2. The Morgan fingerprint density at radius 1 is 1.21 bits per heavy atom. The minimum absolute atomic E-state index is 0.295. The van der Waals surface area contributed by atoms with E-state index in [1.54, 1.807) is 44.2 Å². The van der Waals surface area contributed by atoms with Crippen molar-refractivity contribution in [2.75, 3.05) is 0 Å². The lowest BCUT2D eigenvalue weighted by molar-refractivity contribution is -0.127. The van der Waals surface area contributed by atoms with E-state index >= 15 is 0 Å². The van der Waals surface area contributed by atoms with Crippen LogP contribution in [0.2, 0.25) is 0 Å². The van der Waals surface area contributed by atoms with E-state index in [0.29, 0.717) is 11.1 Å². The standard InChI is InChI=1S/C15H19NO3/c1-4-10(2)15(19)16-13(14(18)11(3)17)12-8-6-5-7-9-12/h4-9,13-14,18H,1-3H3,(H,16,19)/b10-4+/t13-,14-/m0/s1. The molecule has 4 heteroatoms. The van der Waals surface area contributed by atoms with Gasteiger partial charge in [0.2, 0.25) is 5.91 Å². The first-order valence-corrected chi connectivity index (χ1v) is 6.14. The molecule has 4 nitrogen and oxygen atoms in total. The number of carbonyl (C=O) groups excluding carboxylic acids is 2. The Balaban J connectivity index is 3.01. The molecule has 0 aliphatic rings. The smallest absolute Gasteiger partial charge is 0.247 e. The van der Waals surface area contributed by atoms with Gasteiger partial charge in [-0.15, -0.1) is 0 Å². The van der Waals surface area contributed by atoms with Crippen LogP contribution in [0.3, 0.4) is 0 Å². The molecule has 0 radical (unpaired) electrons. The normalized spacial score (nSPS) is 14.6. The fraction of sp³-hybridized carbons (Fsp3) is 0.333. The molecule has 0 saturated heterocycles. The fourth-order valence-corrected chi connectivity index (χ4v) is 1.63. The molecule has 0 unspecified atom stereocenters. The zero-order valence-corrected chi connectivity index (χ0v) is 11.4. The zero-order valence-electron chi connectivity index (χ0n) is 11.4. The molecule has 1 amide bonds. The quantitative estimate of drug-likeness (QED) is 0.794. The van der Waals surface area contributed by atoms with Crippen molar-refractivity contribution in [3.05, 3.63) is 47.5 Å². The monoisotopic (exact) mass is 261 g/mol. The number of Topliss-reactive ketones (excluding diaryl/α,β-unsaturated/α-hetero) is 1. The molecule has 1 aromatic rings. The number of benzene rings is 1. The van der Waals surface area contributed by atoms with Crippen molar-refractivity contribution in [1.29, 1.82) is 0 Å². The van der Waals surface area contributed by atoms with Crippen molar-refractivity contribution in [1.82, 2.24) is 5.32 Å². The Kier molecular flexibility index (Phi) is 5.45. The fourth-order valence-electron chi connectivity index (χ4n) is 1.63. The van der Waals surface area contributed by atoms with Crippen molar-refractivity contribution in [2.45, 2.75) is 32.9 Å². The predicted molar refractivity (Wildman–Crippen MR) is 73.4 cm³/mol. The van der Waals surface area contributed by atoms with Crippen LogP contribution in [0.15, 0.2) is 42.0 Å². The third-order valence-electron chi connectivity index (χ3n) is 2.97. The van der Waals surface area contributed by atoms with Gasteiger partial charge in [-0.1, -0.05) is 36.4 Å². The molecule has 1 rings (SSSR count). The number of hydrogen-bond acceptors (Lipinski definition) is 3. The summed E-state index contributed by atoms with van der Waals surface area (Å²) in [7, 11) is 0. The summed E-state index contributed by atoms with van der Waals surface area (Å²) in [6.07, 6.45) is 0.424. The highest BCUT2D eigenvalue weighted by atomic mass is 16.3. The Morgan fingerprint density at radius 3 is 2.26 bits per heavy atom. The second-order valence-corrected chi connectivity index (χ2v) is 4.39. The summed E-state index contributed by atoms with van der Waals surface area (Å²) in [5, 5.41) is 12.6. The van der Waals surface area contributed by atoms with Crippen molar-refractivity contribution < 1.29 is 14.7 Å². The van der Waals surface area contributed by atoms with E-state index in [-0.39, 0.29) is 11.7 Å². The summed E-state index contributed by atoms with van der Waals surface area (Å²) in [5.41, 5.74) is 1.24. The average Bonchev–Trinajstić information content (AvgIpc) is 2.43. The van der Waals surface area contributed by atoms with Gasteiger partial charge in [-0.25, -0.2) is 0 Å². The highest BCUT2D eigenvalue weighted by Crippen LogP contribution is 2.18. The number of ketones is 1. The Hall–Kier alpha value is -1.94. The molecule has 0 spiro atoms. The SMILES string of the molecule is C/C=C(\C)C(=O)N[C@@H](c1ccccc1)[C@@H](O)C(C)=O. The minimum atomic E-state index is -1.25. The zero-order chi connectivity index (χ0) is 14.4. The van der Waals surface area contributed by atoms with E-state index in [2.05, 4.69) is 5.32 Å². The molecule has 0 fully saturated rings. The highest BCUT2D eigenvalue weighted by molar-refractivity contribution is 5.93. The van der Waals surface area contributed by atoms with E-state index in [1.807, 2.05) is 6.07 Å². The van der Waals surface area contributed by atoms with Crippen LogP contribution in [0.1, 0.15) is 32.4 Å². The lowest BCUT2D eigenvalue weighted by Crippen LogP contribution is -2.39. The van der Waals surface area contributed by atoms with E-state index in [9.17, 15) is 14.7 Å².